The summed E-state index contributed by atoms with van der Waals surface area (Å²) in [4.78, 5) is 39.9. The monoisotopic (exact) mass is 268 g/mol. The van der Waals surface area contributed by atoms with Gasteiger partial charge in [0.25, 0.3) is 0 Å². The zero-order valence-corrected chi connectivity index (χ0v) is 11.3. The number of carbonyl (C=O) groups excluding carboxylic acids is 3. The lowest BCUT2D eigenvalue weighted by molar-refractivity contribution is -0.146. The second kappa shape index (κ2) is 6.86. The summed E-state index contributed by atoms with van der Waals surface area (Å²) >= 11 is 0. The molecular formula is C12H20N4O3. The molecule has 0 saturated carbocycles. The Balaban J connectivity index is 2.52. The Labute approximate surface area is 112 Å². The Hall–Kier alpha value is -1.92. The molecule has 1 rings (SSSR count). The van der Waals surface area contributed by atoms with Crippen LogP contribution < -0.4 is 11.1 Å². The molecule has 1 fully saturated rings. The van der Waals surface area contributed by atoms with Crippen molar-refractivity contribution in [2.45, 2.75) is 32.7 Å². The smallest absolute Gasteiger partial charge is 0.246 e. The van der Waals surface area contributed by atoms with E-state index in [0.29, 0.717) is 25.2 Å². The summed E-state index contributed by atoms with van der Waals surface area (Å²) in [5, 5.41) is 2.64. The highest BCUT2D eigenvalue weighted by atomic mass is 16.2. The third-order valence-corrected chi connectivity index (χ3v) is 2.71. The molecular weight excluding hydrogens is 248 g/mol. The summed E-state index contributed by atoms with van der Waals surface area (Å²) in [6.45, 7) is 3.56. The van der Waals surface area contributed by atoms with Gasteiger partial charge >= 0.3 is 0 Å². The second-order valence-electron chi connectivity index (χ2n) is 4.68. The highest BCUT2D eigenvalue weighted by molar-refractivity contribution is 5.96. The summed E-state index contributed by atoms with van der Waals surface area (Å²) in [6, 6.07) is -0.561. The Morgan fingerprint density at radius 1 is 1.47 bits per heavy atom. The van der Waals surface area contributed by atoms with Crippen molar-refractivity contribution in [3.05, 3.63) is 0 Å². The molecule has 19 heavy (non-hydrogen) atoms. The Morgan fingerprint density at radius 2 is 2.16 bits per heavy atom. The van der Waals surface area contributed by atoms with E-state index in [-0.39, 0.29) is 30.7 Å². The maximum atomic E-state index is 12.0. The number of piperazine rings is 1. The summed E-state index contributed by atoms with van der Waals surface area (Å²) in [5.74, 6) is -0.0741. The van der Waals surface area contributed by atoms with Gasteiger partial charge in [0.2, 0.25) is 11.8 Å². The number of nitrogens with zero attached hydrogens (tertiary/aromatic N) is 2. The SMILES string of the molecule is CC(=O)CN1CC(=O)N[C@@H](CCCN=C(C)N)C1=O. The van der Waals surface area contributed by atoms with Gasteiger partial charge in [0, 0.05) is 6.54 Å². The molecule has 0 aliphatic carbocycles. The van der Waals surface area contributed by atoms with Crippen molar-refractivity contribution in [1.82, 2.24) is 10.2 Å². The lowest BCUT2D eigenvalue weighted by atomic mass is 10.1. The molecule has 2 amide bonds. The number of hydrogen-bond acceptors (Lipinski definition) is 4. The highest BCUT2D eigenvalue weighted by Crippen LogP contribution is 2.08. The van der Waals surface area contributed by atoms with Crippen LogP contribution in [0, 0.1) is 0 Å². The zero-order chi connectivity index (χ0) is 14.4. The van der Waals surface area contributed by atoms with Gasteiger partial charge in [0.05, 0.1) is 12.4 Å². The van der Waals surface area contributed by atoms with Crippen molar-refractivity contribution in [3.8, 4) is 0 Å². The topological polar surface area (TPSA) is 105 Å². The van der Waals surface area contributed by atoms with E-state index in [2.05, 4.69) is 10.3 Å². The molecule has 0 bridgehead atoms. The van der Waals surface area contributed by atoms with Crippen molar-refractivity contribution >= 4 is 23.4 Å². The maximum Gasteiger partial charge on any atom is 0.246 e. The Bertz CT molecular complexity index is 400. The van der Waals surface area contributed by atoms with Crippen molar-refractivity contribution in [1.29, 1.82) is 0 Å². The van der Waals surface area contributed by atoms with Crippen LogP contribution >= 0.6 is 0 Å². The number of rotatable bonds is 6. The van der Waals surface area contributed by atoms with E-state index < -0.39 is 6.04 Å². The van der Waals surface area contributed by atoms with Gasteiger partial charge in [0.1, 0.15) is 18.4 Å². The van der Waals surface area contributed by atoms with Gasteiger partial charge in [0.15, 0.2) is 0 Å². The minimum absolute atomic E-state index is 0.0111. The average Bonchev–Trinajstić information content (AvgIpc) is 2.29. The molecule has 3 N–H and O–H groups in total. The van der Waals surface area contributed by atoms with E-state index >= 15 is 0 Å². The molecule has 7 nitrogen and oxygen atoms in total. The summed E-state index contributed by atoms with van der Waals surface area (Å²) in [7, 11) is 0. The summed E-state index contributed by atoms with van der Waals surface area (Å²) < 4.78 is 0. The van der Waals surface area contributed by atoms with Crippen LogP contribution in [0.5, 0.6) is 0 Å². The molecule has 1 aliphatic heterocycles. The van der Waals surface area contributed by atoms with Crippen LogP contribution in [0.1, 0.15) is 26.7 Å². The number of aliphatic imine (C=N–C) groups is 1. The number of ketones is 1. The molecule has 0 aromatic rings. The first-order chi connectivity index (χ1) is 8.90. The Kier molecular flexibility index (Phi) is 5.47. The third kappa shape index (κ3) is 5.07. The standard InChI is InChI=1S/C12H20N4O3/c1-8(17)6-16-7-11(18)15-10(12(16)19)4-3-5-14-9(2)13/h10H,3-7H2,1-2H3,(H2,13,14)(H,15,18)/t10-/m0/s1. The molecule has 7 heteroatoms. The van der Waals surface area contributed by atoms with E-state index in [9.17, 15) is 14.4 Å². The third-order valence-electron chi connectivity index (χ3n) is 2.71. The van der Waals surface area contributed by atoms with E-state index in [1.165, 1.54) is 11.8 Å². The lowest BCUT2D eigenvalue weighted by Crippen LogP contribution is -2.58. The molecule has 1 saturated heterocycles. The van der Waals surface area contributed by atoms with Crippen molar-refractivity contribution in [2.75, 3.05) is 19.6 Å². The molecule has 0 radical (unpaired) electrons. The van der Waals surface area contributed by atoms with E-state index in [1.807, 2.05) is 0 Å². The van der Waals surface area contributed by atoms with Crippen molar-refractivity contribution in [3.63, 3.8) is 0 Å². The first-order valence-electron chi connectivity index (χ1n) is 6.24. The van der Waals surface area contributed by atoms with Crippen LogP contribution in [-0.4, -0.2) is 54.0 Å². The molecule has 106 valence electrons. The van der Waals surface area contributed by atoms with Gasteiger partial charge in [-0.15, -0.1) is 0 Å². The number of hydrogen-bond donors (Lipinski definition) is 2. The summed E-state index contributed by atoms with van der Waals surface area (Å²) in [5.41, 5.74) is 5.41. The van der Waals surface area contributed by atoms with Gasteiger partial charge in [-0.1, -0.05) is 0 Å². The van der Waals surface area contributed by atoms with E-state index in [1.54, 1.807) is 6.92 Å². The molecule has 1 aliphatic rings. The minimum Gasteiger partial charge on any atom is -0.388 e. The van der Waals surface area contributed by atoms with Crippen molar-refractivity contribution in [2.24, 2.45) is 10.7 Å². The van der Waals surface area contributed by atoms with Gasteiger partial charge in [-0.3, -0.25) is 19.4 Å². The number of nitrogens with one attached hydrogen (secondary N) is 1. The Morgan fingerprint density at radius 3 is 2.74 bits per heavy atom. The maximum absolute atomic E-state index is 12.0. The number of carbonyl (C=O) groups is 3. The minimum atomic E-state index is -0.561. The molecule has 0 aromatic carbocycles. The van der Waals surface area contributed by atoms with Gasteiger partial charge in [-0.25, -0.2) is 0 Å². The number of amidine groups is 1. The highest BCUT2D eigenvalue weighted by Gasteiger charge is 2.32. The average molecular weight is 268 g/mol. The lowest BCUT2D eigenvalue weighted by Gasteiger charge is -2.31. The second-order valence-corrected chi connectivity index (χ2v) is 4.68. The van der Waals surface area contributed by atoms with Gasteiger partial charge < -0.3 is 16.0 Å². The number of Topliss-reactive ketones (excluding diaryl/α,β-unsaturated/α-hetero) is 1. The fourth-order valence-electron chi connectivity index (χ4n) is 1.92. The van der Waals surface area contributed by atoms with Crippen LogP contribution in [-0.2, 0) is 14.4 Å². The summed E-state index contributed by atoms with van der Waals surface area (Å²) in [6.07, 6.45) is 1.15. The van der Waals surface area contributed by atoms with Crippen LogP contribution in [0.2, 0.25) is 0 Å². The van der Waals surface area contributed by atoms with Crippen molar-refractivity contribution < 1.29 is 14.4 Å². The molecule has 1 atom stereocenters. The number of nitrogens with two attached hydrogens (primary N) is 1. The molecule has 0 spiro atoms. The normalized spacial score (nSPS) is 20.4. The van der Waals surface area contributed by atoms with Crippen LogP contribution in [0.4, 0.5) is 0 Å². The van der Waals surface area contributed by atoms with Crippen LogP contribution in [0.25, 0.3) is 0 Å². The molecule has 0 aromatic heterocycles. The zero-order valence-electron chi connectivity index (χ0n) is 11.3. The van der Waals surface area contributed by atoms with E-state index in [0.717, 1.165) is 0 Å². The number of amides is 2. The fraction of sp³-hybridized carbons (Fsp3) is 0.667. The quantitative estimate of drug-likeness (QED) is 0.368. The van der Waals surface area contributed by atoms with Gasteiger partial charge in [-0.05, 0) is 26.7 Å². The first kappa shape index (κ1) is 15.1. The largest absolute Gasteiger partial charge is 0.388 e. The van der Waals surface area contributed by atoms with Crippen LogP contribution in [0.15, 0.2) is 4.99 Å². The fourth-order valence-corrected chi connectivity index (χ4v) is 1.92. The van der Waals surface area contributed by atoms with E-state index in [4.69, 9.17) is 5.73 Å². The first-order valence-corrected chi connectivity index (χ1v) is 6.24. The van der Waals surface area contributed by atoms with Crippen LogP contribution in [0.3, 0.4) is 0 Å². The van der Waals surface area contributed by atoms with Gasteiger partial charge in [-0.2, -0.15) is 0 Å². The predicted octanol–water partition coefficient (Wildman–Crippen LogP) is -0.940. The predicted molar refractivity (Wildman–Crippen MR) is 70.6 cm³/mol. The molecule has 1 heterocycles. The molecule has 0 unspecified atom stereocenters.